The molecule has 0 aliphatic carbocycles. The number of aliphatic hydroxyl groups excluding tert-OH is 1. The largest absolute Gasteiger partial charge is 0.456 e. The molecule has 2 aromatic carbocycles. The molecule has 0 heterocycles. The molecule has 0 amide bonds. The molecule has 100 valence electrons. The molecule has 1 N–H and O–H groups in total. The van der Waals surface area contributed by atoms with Crippen molar-refractivity contribution in [3.63, 3.8) is 0 Å². The molecule has 19 heavy (non-hydrogen) atoms. The molecular weight excluding hydrogens is 351 g/mol. The van der Waals surface area contributed by atoms with Gasteiger partial charge < -0.3 is 9.84 Å². The smallest absolute Gasteiger partial charge is 0.141 e. The van der Waals surface area contributed by atoms with Crippen LogP contribution >= 0.6 is 39.1 Å². The van der Waals surface area contributed by atoms with Gasteiger partial charge in [0.2, 0.25) is 0 Å². The maximum atomic E-state index is 9.51. The Bertz CT molecular complexity index is 580. The first-order valence-corrected chi connectivity index (χ1v) is 7.12. The summed E-state index contributed by atoms with van der Waals surface area (Å²) in [6, 6.07) is 10.4. The topological polar surface area (TPSA) is 29.5 Å². The zero-order valence-electron chi connectivity index (χ0n) is 10.0. The molecule has 0 aromatic heterocycles. The van der Waals surface area contributed by atoms with Crippen molar-refractivity contribution >= 4 is 39.1 Å². The molecule has 0 saturated carbocycles. The standard InChI is InChI=1S/C14H11BrCl2O2/c1-8(18)9-2-3-14(13(15)4-9)19-12-6-10(16)5-11(17)7-12/h2-8,18H,1H3/t8-/m0/s1. The van der Waals surface area contributed by atoms with Crippen molar-refractivity contribution in [3.05, 3.63) is 56.5 Å². The van der Waals surface area contributed by atoms with Gasteiger partial charge in [-0.05, 0) is 58.7 Å². The van der Waals surface area contributed by atoms with E-state index in [-0.39, 0.29) is 0 Å². The fourth-order valence-corrected chi connectivity index (χ4v) is 2.56. The average Bonchev–Trinajstić information content (AvgIpc) is 2.30. The van der Waals surface area contributed by atoms with E-state index < -0.39 is 6.10 Å². The summed E-state index contributed by atoms with van der Waals surface area (Å²) in [7, 11) is 0. The van der Waals surface area contributed by atoms with Crippen molar-refractivity contribution < 1.29 is 9.84 Å². The fourth-order valence-electron chi connectivity index (χ4n) is 1.57. The molecule has 1 atom stereocenters. The Morgan fingerprint density at radius 3 is 2.26 bits per heavy atom. The second kappa shape index (κ2) is 6.14. The number of hydrogen-bond acceptors (Lipinski definition) is 2. The Balaban J connectivity index is 2.28. The lowest BCUT2D eigenvalue weighted by molar-refractivity contribution is 0.199. The van der Waals surface area contributed by atoms with E-state index in [2.05, 4.69) is 15.9 Å². The second-order valence-electron chi connectivity index (χ2n) is 4.07. The van der Waals surface area contributed by atoms with Crippen LogP contribution in [0.2, 0.25) is 10.0 Å². The summed E-state index contributed by atoms with van der Waals surface area (Å²) < 4.78 is 6.46. The van der Waals surface area contributed by atoms with Crippen LogP contribution in [0.25, 0.3) is 0 Å². The van der Waals surface area contributed by atoms with Crippen LogP contribution in [0.3, 0.4) is 0 Å². The first-order valence-electron chi connectivity index (χ1n) is 5.57. The number of halogens is 3. The number of hydrogen-bond donors (Lipinski definition) is 1. The van der Waals surface area contributed by atoms with Gasteiger partial charge in [0.25, 0.3) is 0 Å². The monoisotopic (exact) mass is 360 g/mol. The summed E-state index contributed by atoms with van der Waals surface area (Å²) in [4.78, 5) is 0. The van der Waals surface area contributed by atoms with Gasteiger partial charge in [0.05, 0.1) is 10.6 Å². The Labute approximate surface area is 130 Å². The molecule has 0 saturated heterocycles. The molecule has 0 unspecified atom stereocenters. The maximum Gasteiger partial charge on any atom is 0.141 e. The van der Waals surface area contributed by atoms with E-state index in [0.717, 1.165) is 10.0 Å². The summed E-state index contributed by atoms with van der Waals surface area (Å²) in [5.74, 6) is 1.19. The Morgan fingerprint density at radius 1 is 1.11 bits per heavy atom. The Kier molecular flexibility index (Phi) is 4.74. The first-order chi connectivity index (χ1) is 8.95. The quantitative estimate of drug-likeness (QED) is 0.770. The van der Waals surface area contributed by atoms with Crippen molar-refractivity contribution in [3.8, 4) is 11.5 Å². The summed E-state index contributed by atoms with van der Waals surface area (Å²) in [6.07, 6.45) is -0.522. The molecule has 2 rings (SSSR count). The van der Waals surface area contributed by atoms with E-state index in [9.17, 15) is 5.11 Å². The van der Waals surface area contributed by atoms with E-state index in [1.165, 1.54) is 0 Å². The van der Waals surface area contributed by atoms with Crippen molar-refractivity contribution in [2.24, 2.45) is 0 Å². The van der Waals surface area contributed by atoms with Crippen LogP contribution in [-0.4, -0.2) is 5.11 Å². The third kappa shape index (κ3) is 3.86. The minimum Gasteiger partial charge on any atom is -0.456 e. The molecule has 0 bridgehead atoms. The van der Waals surface area contributed by atoms with Crippen LogP contribution in [0.15, 0.2) is 40.9 Å². The van der Waals surface area contributed by atoms with Gasteiger partial charge in [0, 0.05) is 10.0 Å². The normalized spacial score (nSPS) is 12.3. The summed E-state index contributed by atoms with van der Waals surface area (Å²) in [5.41, 5.74) is 0.809. The molecule has 5 heteroatoms. The number of rotatable bonds is 3. The van der Waals surface area contributed by atoms with Gasteiger partial charge in [0.15, 0.2) is 0 Å². The van der Waals surface area contributed by atoms with Crippen molar-refractivity contribution in [2.45, 2.75) is 13.0 Å². The van der Waals surface area contributed by atoms with E-state index in [1.54, 1.807) is 37.3 Å². The highest BCUT2D eigenvalue weighted by molar-refractivity contribution is 9.10. The summed E-state index contributed by atoms with van der Waals surface area (Å²) in [6.45, 7) is 1.71. The van der Waals surface area contributed by atoms with Crippen LogP contribution in [-0.2, 0) is 0 Å². The minimum atomic E-state index is -0.522. The molecule has 0 aliphatic rings. The van der Waals surface area contributed by atoms with Crippen LogP contribution in [0.1, 0.15) is 18.6 Å². The van der Waals surface area contributed by atoms with E-state index in [1.807, 2.05) is 6.07 Å². The molecular formula is C14H11BrCl2O2. The highest BCUT2D eigenvalue weighted by Gasteiger charge is 2.08. The molecule has 0 aliphatic heterocycles. The molecule has 2 aromatic rings. The average molecular weight is 362 g/mol. The van der Waals surface area contributed by atoms with E-state index >= 15 is 0 Å². The number of benzene rings is 2. The predicted molar refractivity (Wildman–Crippen MR) is 81.3 cm³/mol. The maximum absolute atomic E-state index is 9.51. The lowest BCUT2D eigenvalue weighted by atomic mass is 10.1. The van der Waals surface area contributed by atoms with Gasteiger partial charge in [-0.1, -0.05) is 29.3 Å². The summed E-state index contributed by atoms with van der Waals surface area (Å²) >= 11 is 15.2. The lowest BCUT2D eigenvalue weighted by Crippen LogP contribution is -1.92. The van der Waals surface area contributed by atoms with Gasteiger partial charge in [-0.3, -0.25) is 0 Å². The predicted octanol–water partition coefficient (Wildman–Crippen LogP) is 5.60. The van der Waals surface area contributed by atoms with Gasteiger partial charge >= 0.3 is 0 Å². The van der Waals surface area contributed by atoms with E-state index in [4.69, 9.17) is 27.9 Å². The molecule has 0 fully saturated rings. The van der Waals surface area contributed by atoms with Crippen molar-refractivity contribution in [2.75, 3.05) is 0 Å². The van der Waals surface area contributed by atoms with Crippen molar-refractivity contribution in [1.29, 1.82) is 0 Å². The van der Waals surface area contributed by atoms with Crippen LogP contribution in [0.5, 0.6) is 11.5 Å². The van der Waals surface area contributed by atoms with E-state index in [0.29, 0.717) is 21.5 Å². The number of aliphatic hydroxyl groups is 1. The van der Waals surface area contributed by atoms with Gasteiger partial charge in [-0.15, -0.1) is 0 Å². The SMILES string of the molecule is C[C@H](O)c1ccc(Oc2cc(Cl)cc(Cl)c2)c(Br)c1. The van der Waals surface area contributed by atoms with Gasteiger partial charge in [-0.2, -0.15) is 0 Å². The highest BCUT2D eigenvalue weighted by Crippen LogP contribution is 2.34. The Morgan fingerprint density at radius 2 is 1.74 bits per heavy atom. The van der Waals surface area contributed by atoms with Gasteiger partial charge in [-0.25, -0.2) is 0 Å². The van der Waals surface area contributed by atoms with Crippen LogP contribution in [0, 0.1) is 0 Å². The third-order valence-electron chi connectivity index (χ3n) is 2.50. The molecule has 0 radical (unpaired) electrons. The minimum absolute atomic E-state index is 0.513. The Hall–Kier alpha value is -0.740. The number of ether oxygens (including phenoxy) is 1. The first kappa shape index (κ1) is 14.7. The zero-order chi connectivity index (χ0) is 14.0. The van der Waals surface area contributed by atoms with Crippen LogP contribution < -0.4 is 4.74 Å². The van der Waals surface area contributed by atoms with Crippen LogP contribution in [0.4, 0.5) is 0 Å². The van der Waals surface area contributed by atoms with Gasteiger partial charge in [0.1, 0.15) is 11.5 Å². The fraction of sp³-hybridized carbons (Fsp3) is 0.143. The lowest BCUT2D eigenvalue weighted by Gasteiger charge is -2.11. The zero-order valence-corrected chi connectivity index (χ0v) is 13.1. The second-order valence-corrected chi connectivity index (χ2v) is 5.80. The highest BCUT2D eigenvalue weighted by atomic mass is 79.9. The molecule has 2 nitrogen and oxygen atoms in total. The molecule has 0 spiro atoms. The third-order valence-corrected chi connectivity index (χ3v) is 3.56. The summed E-state index contributed by atoms with van der Waals surface area (Å²) in [5, 5.41) is 10.5. The van der Waals surface area contributed by atoms with Crippen molar-refractivity contribution in [1.82, 2.24) is 0 Å².